The molecule has 11 nitrogen and oxygen atoms in total. The number of hydrogen-bond donors (Lipinski definition) is 2. The number of hydrogen-bond acceptors (Lipinski definition) is 7. The first kappa shape index (κ1) is 35.6. The fraction of sp³-hybridized carbons (Fsp3) is 0.862. The molecule has 0 aliphatic carbocycles. The predicted molar refractivity (Wildman–Crippen MR) is 152 cm³/mol. The van der Waals surface area contributed by atoms with Gasteiger partial charge in [0, 0.05) is 27.8 Å². The third-order valence-corrected chi connectivity index (χ3v) is 7.84. The highest BCUT2D eigenvalue weighted by Crippen LogP contribution is 2.29. The molecule has 3 amide bonds. The van der Waals surface area contributed by atoms with Crippen LogP contribution in [0.4, 0.5) is 4.79 Å². The zero-order valence-electron chi connectivity index (χ0n) is 26.4. The summed E-state index contributed by atoms with van der Waals surface area (Å²) in [5, 5.41) is 12.3. The number of carbonyl (C=O) groups excluding carboxylic acids is 3. The zero-order chi connectivity index (χ0) is 30.9. The molecule has 0 bridgehead atoms. The number of nitrogens with zero attached hydrogens (tertiary/aromatic N) is 2. The molecule has 0 radical (unpaired) electrons. The summed E-state index contributed by atoms with van der Waals surface area (Å²) < 4.78 is 16.8. The van der Waals surface area contributed by atoms with E-state index in [0.29, 0.717) is 13.0 Å². The van der Waals surface area contributed by atoms with E-state index < -0.39 is 47.9 Å². The summed E-state index contributed by atoms with van der Waals surface area (Å²) in [6.45, 7) is 15.1. The molecule has 0 aromatic rings. The number of amides is 3. The minimum Gasteiger partial charge on any atom is -0.481 e. The van der Waals surface area contributed by atoms with Crippen molar-refractivity contribution >= 4 is 23.9 Å². The molecular weight excluding hydrogens is 518 g/mol. The number of likely N-dealkylation sites (N-methyl/N-ethyl adjacent to an activating group) is 1. The maximum Gasteiger partial charge on any atom is 0.408 e. The van der Waals surface area contributed by atoms with Gasteiger partial charge in [0.05, 0.1) is 36.6 Å². The second-order valence-electron chi connectivity index (χ2n) is 12.3. The first-order valence-electron chi connectivity index (χ1n) is 14.3. The topological polar surface area (TPSA) is 135 Å². The van der Waals surface area contributed by atoms with E-state index in [4.69, 9.17) is 14.2 Å². The molecular formula is C29H53N3O8. The van der Waals surface area contributed by atoms with Crippen molar-refractivity contribution < 1.29 is 38.5 Å². The summed E-state index contributed by atoms with van der Waals surface area (Å²) in [4.78, 5) is 54.9. The highest BCUT2D eigenvalue weighted by molar-refractivity contribution is 5.86. The molecule has 0 spiro atoms. The minimum atomic E-state index is -0.974. The lowest BCUT2D eigenvalue weighted by Gasteiger charge is -2.40. The van der Waals surface area contributed by atoms with Gasteiger partial charge >= 0.3 is 12.1 Å². The van der Waals surface area contributed by atoms with Crippen molar-refractivity contribution in [1.82, 2.24) is 15.1 Å². The van der Waals surface area contributed by atoms with Crippen LogP contribution in [0.15, 0.2) is 0 Å². The lowest BCUT2D eigenvalue weighted by atomic mass is 9.89. The molecule has 1 rings (SSSR count). The number of rotatable bonds is 14. The van der Waals surface area contributed by atoms with Crippen LogP contribution in [0.3, 0.4) is 0 Å². The number of aliphatic carboxylic acids is 1. The van der Waals surface area contributed by atoms with Crippen LogP contribution >= 0.6 is 0 Å². The number of carboxylic acid groups (broad SMARTS) is 1. The standard InChI is InChI=1S/C29H53N3O8/c1-12-18(4)24(31(9)26(34)23(17(2)3)30-28(37)40-29(6,7)8)21(38-10)16-22(33)32-15-13-14-20(32)25(39-11)19(5)27(35)36/h17-21,23-25H,12-16H2,1-11H3,(H,30,37)(H,35,36)/t18-,19+,20?,21+,23-,24-,25+/m0/s1. The normalized spacial score (nSPS) is 20.3. The fourth-order valence-corrected chi connectivity index (χ4v) is 5.46. The monoisotopic (exact) mass is 571 g/mol. The molecule has 1 heterocycles. The van der Waals surface area contributed by atoms with E-state index >= 15 is 0 Å². The number of nitrogens with one attached hydrogen (secondary N) is 1. The Hall–Kier alpha value is -2.40. The van der Waals surface area contributed by atoms with E-state index in [1.807, 2.05) is 27.7 Å². The molecule has 1 unspecified atom stereocenters. The molecule has 1 saturated heterocycles. The van der Waals surface area contributed by atoms with Gasteiger partial charge in [0.2, 0.25) is 11.8 Å². The second kappa shape index (κ2) is 15.6. The average molecular weight is 572 g/mol. The smallest absolute Gasteiger partial charge is 0.408 e. The Balaban J connectivity index is 3.20. The summed E-state index contributed by atoms with van der Waals surface area (Å²) >= 11 is 0. The number of carbonyl (C=O) groups is 4. The van der Waals surface area contributed by atoms with Crippen LogP contribution in [-0.2, 0) is 28.6 Å². The summed E-state index contributed by atoms with van der Waals surface area (Å²) in [5.41, 5.74) is -0.709. The molecule has 0 aromatic carbocycles. The Labute approximate surface area is 240 Å². The third-order valence-electron chi connectivity index (χ3n) is 7.84. The molecule has 232 valence electrons. The molecule has 7 atom stereocenters. The van der Waals surface area contributed by atoms with Gasteiger partial charge in [-0.15, -0.1) is 0 Å². The predicted octanol–water partition coefficient (Wildman–Crippen LogP) is 3.54. The number of methoxy groups -OCH3 is 2. The van der Waals surface area contributed by atoms with Gasteiger partial charge in [-0.2, -0.15) is 0 Å². The van der Waals surface area contributed by atoms with Gasteiger partial charge < -0.3 is 34.4 Å². The molecule has 0 saturated carbocycles. The van der Waals surface area contributed by atoms with Crippen molar-refractivity contribution in [3.63, 3.8) is 0 Å². The van der Waals surface area contributed by atoms with Crippen LogP contribution in [0.25, 0.3) is 0 Å². The molecule has 0 aromatic heterocycles. The van der Waals surface area contributed by atoms with E-state index in [1.54, 1.807) is 44.5 Å². The molecule has 2 N–H and O–H groups in total. The van der Waals surface area contributed by atoms with E-state index in [2.05, 4.69) is 5.32 Å². The largest absolute Gasteiger partial charge is 0.481 e. The number of likely N-dealkylation sites (tertiary alicyclic amines) is 1. The van der Waals surface area contributed by atoms with Crippen LogP contribution in [0.2, 0.25) is 0 Å². The molecule has 11 heteroatoms. The maximum absolute atomic E-state index is 13.8. The molecule has 1 aliphatic rings. The number of alkyl carbamates (subject to hydrolysis) is 1. The van der Waals surface area contributed by atoms with Gasteiger partial charge in [0.25, 0.3) is 0 Å². The Morgan fingerprint density at radius 2 is 1.68 bits per heavy atom. The summed E-state index contributed by atoms with van der Waals surface area (Å²) in [6.07, 6.45) is 0.226. The summed E-state index contributed by atoms with van der Waals surface area (Å²) in [6, 6.07) is -1.64. The number of ether oxygens (including phenoxy) is 3. The zero-order valence-corrected chi connectivity index (χ0v) is 26.4. The third kappa shape index (κ3) is 9.61. The highest BCUT2D eigenvalue weighted by atomic mass is 16.6. The molecule has 40 heavy (non-hydrogen) atoms. The average Bonchev–Trinajstić information content (AvgIpc) is 3.34. The van der Waals surface area contributed by atoms with E-state index in [9.17, 15) is 24.3 Å². The summed E-state index contributed by atoms with van der Waals surface area (Å²) in [5.74, 6) is -2.45. The lowest BCUT2D eigenvalue weighted by Crippen LogP contribution is -2.58. The van der Waals surface area contributed by atoms with Crippen LogP contribution in [0.5, 0.6) is 0 Å². The second-order valence-corrected chi connectivity index (χ2v) is 12.3. The van der Waals surface area contributed by atoms with Crippen LogP contribution < -0.4 is 5.32 Å². The van der Waals surface area contributed by atoms with E-state index in [-0.39, 0.29) is 36.1 Å². The van der Waals surface area contributed by atoms with Gasteiger partial charge in [-0.1, -0.05) is 34.1 Å². The van der Waals surface area contributed by atoms with Crippen molar-refractivity contribution in [3.8, 4) is 0 Å². The van der Waals surface area contributed by atoms with Crippen molar-refractivity contribution in [1.29, 1.82) is 0 Å². The summed E-state index contributed by atoms with van der Waals surface area (Å²) in [7, 11) is 4.67. The van der Waals surface area contributed by atoms with Crippen molar-refractivity contribution in [3.05, 3.63) is 0 Å². The van der Waals surface area contributed by atoms with Crippen molar-refractivity contribution in [2.45, 2.75) is 117 Å². The Morgan fingerprint density at radius 1 is 1.07 bits per heavy atom. The Kier molecular flexibility index (Phi) is 13.9. The van der Waals surface area contributed by atoms with Crippen molar-refractivity contribution in [2.75, 3.05) is 27.8 Å². The van der Waals surface area contributed by atoms with Gasteiger partial charge in [0.15, 0.2) is 0 Å². The minimum absolute atomic E-state index is 0.0172. The van der Waals surface area contributed by atoms with Crippen LogP contribution in [0, 0.1) is 17.8 Å². The maximum atomic E-state index is 13.8. The van der Waals surface area contributed by atoms with Gasteiger partial charge in [0.1, 0.15) is 11.6 Å². The van der Waals surface area contributed by atoms with Gasteiger partial charge in [-0.25, -0.2) is 4.79 Å². The van der Waals surface area contributed by atoms with Crippen molar-refractivity contribution in [2.24, 2.45) is 17.8 Å². The number of carboxylic acids is 1. The van der Waals surface area contributed by atoms with Gasteiger partial charge in [-0.05, 0) is 52.4 Å². The van der Waals surface area contributed by atoms with E-state index in [1.165, 1.54) is 14.2 Å². The molecule has 1 aliphatic heterocycles. The van der Waals surface area contributed by atoms with Crippen LogP contribution in [-0.4, -0.2) is 103 Å². The SMILES string of the molecule is CC[C@H](C)[C@@H]([C@@H](CC(=O)N1CCCC1[C@H](OC)[C@@H](C)C(=O)O)OC)N(C)C(=O)[C@@H](NC(=O)OC(C)(C)C)C(C)C. The van der Waals surface area contributed by atoms with Gasteiger partial charge in [-0.3, -0.25) is 14.4 Å². The highest BCUT2D eigenvalue weighted by Gasteiger charge is 2.42. The molecule has 1 fully saturated rings. The quantitative estimate of drug-likeness (QED) is 0.323. The first-order chi connectivity index (χ1) is 18.5. The fourth-order valence-electron chi connectivity index (χ4n) is 5.46. The van der Waals surface area contributed by atoms with Crippen LogP contribution in [0.1, 0.15) is 81.1 Å². The lowest BCUT2D eigenvalue weighted by molar-refractivity contribution is -0.152. The Bertz CT molecular complexity index is 859. The van der Waals surface area contributed by atoms with E-state index in [0.717, 1.165) is 12.8 Å². The first-order valence-corrected chi connectivity index (χ1v) is 14.3. The Morgan fingerprint density at radius 3 is 2.12 bits per heavy atom.